The molecule has 1 amide bonds. The molecule has 5 rings (SSSR count). The standard InChI is InChI=1S/C22H22N4O3S2.2H2/c1-15-14-26(19-5-3-2-4-18(15)19)20-10-12-25(21(20)27)16-6-8-17(9-7-16)31(28,29)24-22-23-11-13-30-22;;/h2-9,11,13,15,20H,10,12,14H2,1H3,(H,23,24);2*1H/t15?,20-;;/m0../s1. The van der Waals surface area contributed by atoms with Gasteiger partial charge in [0.15, 0.2) is 5.13 Å². The number of nitrogens with one attached hydrogen (secondary N) is 1. The number of carbonyl (C=O) groups is 1. The number of benzene rings is 2. The summed E-state index contributed by atoms with van der Waals surface area (Å²) in [5.74, 6) is 0.452. The van der Waals surface area contributed by atoms with Crippen LogP contribution in [0.1, 0.15) is 27.7 Å². The van der Waals surface area contributed by atoms with Gasteiger partial charge in [0.2, 0.25) is 5.91 Å². The van der Waals surface area contributed by atoms with Crippen LogP contribution in [-0.4, -0.2) is 38.4 Å². The van der Waals surface area contributed by atoms with Crippen LogP contribution in [-0.2, 0) is 14.8 Å². The second-order valence-electron chi connectivity index (χ2n) is 7.84. The maximum Gasteiger partial charge on any atom is 0.263 e. The van der Waals surface area contributed by atoms with Crippen molar-refractivity contribution < 1.29 is 16.1 Å². The van der Waals surface area contributed by atoms with Gasteiger partial charge in [0.1, 0.15) is 6.04 Å². The van der Waals surface area contributed by atoms with Crippen molar-refractivity contribution in [2.24, 2.45) is 0 Å². The molecule has 2 aliphatic rings. The summed E-state index contributed by atoms with van der Waals surface area (Å²) in [4.78, 5) is 21.3. The Balaban J connectivity index is 0.00000153. The zero-order chi connectivity index (χ0) is 21.6. The lowest BCUT2D eigenvalue weighted by molar-refractivity contribution is -0.118. The van der Waals surface area contributed by atoms with Gasteiger partial charge in [-0.05, 0) is 42.3 Å². The summed E-state index contributed by atoms with van der Waals surface area (Å²) in [6.45, 7) is 3.64. The van der Waals surface area contributed by atoms with Crippen molar-refractivity contribution in [2.75, 3.05) is 27.6 Å². The van der Waals surface area contributed by atoms with Crippen molar-refractivity contribution >= 4 is 43.8 Å². The zero-order valence-electron chi connectivity index (χ0n) is 16.9. The number of thiazole rings is 1. The van der Waals surface area contributed by atoms with E-state index in [1.54, 1.807) is 28.6 Å². The number of sulfonamides is 1. The van der Waals surface area contributed by atoms with Crippen LogP contribution in [0.5, 0.6) is 0 Å². The van der Waals surface area contributed by atoms with Crippen molar-refractivity contribution in [2.45, 2.75) is 30.2 Å². The van der Waals surface area contributed by atoms with Crippen molar-refractivity contribution in [3.63, 3.8) is 0 Å². The van der Waals surface area contributed by atoms with Crippen molar-refractivity contribution in [1.82, 2.24) is 4.98 Å². The van der Waals surface area contributed by atoms with Gasteiger partial charge in [-0.25, -0.2) is 13.4 Å². The molecule has 0 radical (unpaired) electrons. The topological polar surface area (TPSA) is 82.6 Å². The molecule has 9 heteroatoms. The van der Waals surface area contributed by atoms with Crippen LogP contribution >= 0.6 is 11.3 Å². The monoisotopic (exact) mass is 458 g/mol. The molecular formula is C22H26N4O3S2. The number of hydrogen-bond donors (Lipinski definition) is 1. The van der Waals surface area contributed by atoms with Crippen LogP contribution in [0, 0.1) is 0 Å². The van der Waals surface area contributed by atoms with E-state index in [-0.39, 0.29) is 19.7 Å². The molecule has 1 N–H and O–H groups in total. The molecule has 2 aliphatic heterocycles. The maximum absolute atomic E-state index is 13.2. The molecule has 1 unspecified atom stereocenters. The van der Waals surface area contributed by atoms with Gasteiger partial charge in [-0.3, -0.25) is 9.52 Å². The fourth-order valence-corrected chi connectivity index (χ4v) is 6.20. The highest BCUT2D eigenvalue weighted by Gasteiger charge is 2.40. The summed E-state index contributed by atoms with van der Waals surface area (Å²) >= 11 is 1.22. The van der Waals surface area contributed by atoms with Gasteiger partial charge in [-0.2, -0.15) is 0 Å². The highest BCUT2D eigenvalue weighted by atomic mass is 32.2. The van der Waals surface area contributed by atoms with Gasteiger partial charge in [-0.1, -0.05) is 25.1 Å². The molecular weight excluding hydrogens is 432 g/mol. The third kappa shape index (κ3) is 3.57. The highest BCUT2D eigenvalue weighted by molar-refractivity contribution is 7.93. The van der Waals surface area contributed by atoms with E-state index in [2.05, 4.69) is 33.7 Å². The van der Waals surface area contributed by atoms with E-state index in [1.807, 2.05) is 12.1 Å². The number of anilines is 3. The molecule has 7 nitrogen and oxygen atoms in total. The minimum absolute atomic E-state index is 0. The second kappa shape index (κ2) is 7.65. The fraction of sp³-hybridized carbons (Fsp3) is 0.273. The lowest BCUT2D eigenvalue weighted by atomic mass is 10.0. The first-order valence-electron chi connectivity index (χ1n) is 10.1. The van der Waals surface area contributed by atoms with Crippen LogP contribution in [0.2, 0.25) is 0 Å². The first kappa shape index (κ1) is 20.0. The van der Waals surface area contributed by atoms with Crippen molar-refractivity contribution in [3.05, 3.63) is 65.7 Å². The van der Waals surface area contributed by atoms with Gasteiger partial charge >= 0.3 is 0 Å². The molecule has 0 saturated carbocycles. The molecule has 1 aromatic heterocycles. The molecule has 0 bridgehead atoms. The van der Waals surface area contributed by atoms with Gasteiger partial charge in [0.25, 0.3) is 10.0 Å². The smallest absolute Gasteiger partial charge is 0.263 e. The van der Waals surface area contributed by atoms with E-state index < -0.39 is 10.0 Å². The number of fused-ring (bicyclic) bond motifs is 1. The number of aromatic nitrogens is 1. The van der Waals surface area contributed by atoms with E-state index >= 15 is 0 Å². The minimum Gasteiger partial charge on any atom is -0.359 e. The molecule has 31 heavy (non-hydrogen) atoms. The van der Waals surface area contributed by atoms with E-state index in [4.69, 9.17) is 0 Å². The Morgan fingerprint density at radius 3 is 2.68 bits per heavy atom. The normalized spacial score (nSPS) is 20.9. The second-order valence-corrected chi connectivity index (χ2v) is 10.4. The Bertz CT molecular complexity index is 1220. The number of amides is 1. The van der Waals surface area contributed by atoms with Gasteiger partial charge in [-0.15, -0.1) is 11.3 Å². The fourth-order valence-electron chi connectivity index (χ4n) is 4.42. The van der Waals surface area contributed by atoms with Gasteiger partial charge in [0.05, 0.1) is 4.90 Å². The van der Waals surface area contributed by atoms with Crippen LogP contribution < -0.4 is 14.5 Å². The summed E-state index contributed by atoms with van der Waals surface area (Å²) in [5.41, 5.74) is 3.14. The number of hydrogen-bond acceptors (Lipinski definition) is 6. The molecule has 1 saturated heterocycles. The number of carbonyl (C=O) groups excluding carboxylic acids is 1. The average molecular weight is 459 g/mol. The Labute approximate surface area is 188 Å². The van der Waals surface area contributed by atoms with Crippen molar-refractivity contribution in [1.29, 1.82) is 0 Å². The largest absolute Gasteiger partial charge is 0.359 e. The van der Waals surface area contributed by atoms with E-state index in [9.17, 15) is 13.2 Å². The lowest BCUT2D eigenvalue weighted by Crippen LogP contribution is -2.41. The molecule has 0 aliphatic carbocycles. The van der Waals surface area contributed by atoms with E-state index in [0.717, 1.165) is 18.7 Å². The quantitative estimate of drug-likeness (QED) is 0.621. The summed E-state index contributed by atoms with van der Waals surface area (Å²) in [7, 11) is -3.71. The lowest BCUT2D eigenvalue weighted by Gasteiger charge is -2.26. The summed E-state index contributed by atoms with van der Waals surface area (Å²) < 4.78 is 27.5. The van der Waals surface area contributed by atoms with E-state index in [0.29, 0.717) is 23.3 Å². The van der Waals surface area contributed by atoms with Crippen molar-refractivity contribution in [3.8, 4) is 0 Å². The van der Waals surface area contributed by atoms with Crippen LogP contribution in [0.3, 0.4) is 0 Å². The van der Waals surface area contributed by atoms with E-state index in [1.165, 1.54) is 29.0 Å². The first-order valence-corrected chi connectivity index (χ1v) is 12.5. The van der Waals surface area contributed by atoms with Crippen LogP contribution in [0.25, 0.3) is 0 Å². The SMILES string of the molecule is CC1CN([C@H]2CCN(c3ccc(S(=O)(=O)Nc4nccs4)cc3)C2=O)c2ccccc21.[HH].[HH]. The third-order valence-electron chi connectivity index (χ3n) is 5.91. The van der Waals surface area contributed by atoms with Gasteiger partial charge in [0, 0.05) is 44.8 Å². The zero-order valence-corrected chi connectivity index (χ0v) is 18.6. The molecule has 0 spiro atoms. The molecule has 2 aromatic carbocycles. The highest BCUT2D eigenvalue weighted by Crippen LogP contribution is 2.39. The Kier molecular flexibility index (Phi) is 4.94. The molecule has 3 aromatic rings. The maximum atomic E-state index is 13.2. The molecule has 1 fully saturated rings. The van der Waals surface area contributed by atoms with Gasteiger partial charge < -0.3 is 9.80 Å². The Morgan fingerprint density at radius 2 is 1.94 bits per heavy atom. The number of rotatable bonds is 5. The molecule has 3 heterocycles. The molecule has 2 atom stereocenters. The predicted molar refractivity (Wildman–Crippen MR) is 127 cm³/mol. The Morgan fingerprint density at radius 1 is 1.16 bits per heavy atom. The minimum atomic E-state index is -3.71. The Hall–Kier alpha value is -2.91. The van der Waals surface area contributed by atoms with Crippen LogP contribution in [0.4, 0.5) is 16.5 Å². The summed E-state index contributed by atoms with van der Waals surface area (Å²) in [6, 6.07) is 14.5. The first-order chi connectivity index (χ1) is 14.9. The number of para-hydroxylation sites is 1. The summed E-state index contributed by atoms with van der Waals surface area (Å²) in [6.07, 6.45) is 2.28. The van der Waals surface area contributed by atoms with Crippen LogP contribution in [0.15, 0.2) is 65.0 Å². The average Bonchev–Trinajstić information content (AvgIpc) is 3.48. The predicted octanol–water partition coefficient (Wildman–Crippen LogP) is 4.16. The summed E-state index contributed by atoms with van der Waals surface area (Å²) in [5, 5.41) is 2.03. The third-order valence-corrected chi connectivity index (χ3v) is 8.09. The molecule has 164 valence electrons. The number of nitrogens with zero attached hydrogens (tertiary/aromatic N) is 3.